The largest absolute Gasteiger partial charge is 0.497 e. The number of carbonyl (C=O) groups excluding carboxylic acids is 1. The number of aromatic nitrogens is 3. The molecule has 3 N–H and O–H groups in total. The molecule has 1 aromatic heterocycles. The highest BCUT2D eigenvalue weighted by Gasteiger charge is 2.08. The highest BCUT2D eigenvalue weighted by atomic mass is 32.2. The number of nitrogens with one attached hydrogen (secondary N) is 3. The zero-order valence-corrected chi connectivity index (χ0v) is 16.6. The number of halogens is 1. The average Bonchev–Trinajstić information content (AvgIpc) is 3.20. The Morgan fingerprint density at radius 2 is 2.07 bits per heavy atom. The van der Waals surface area contributed by atoms with Gasteiger partial charge in [0.1, 0.15) is 11.6 Å². The number of hydrazone groups is 1. The number of nitrogens with zero attached hydrogens (tertiary/aromatic N) is 3. The summed E-state index contributed by atoms with van der Waals surface area (Å²) in [6.07, 6.45) is 0. The van der Waals surface area contributed by atoms with Crippen LogP contribution >= 0.6 is 11.8 Å². The molecule has 0 aliphatic heterocycles. The number of amides is 1. The maximum absolute atomic E-state index is 12.9. The van der Waals surface area contributed by atoms with Gasteiger partial charge in [0.25, 0.3) is 0 Å². The second-order valence-electron chi connectivity index (χ2n) is 5.85. The summed E-state index contributed by atoms with van der Waals surface area (Å²) >= 11 is 1.16. The normalized spacial score (nSPS) is 11.2. The minimum Gasteiger partial charge on any atom is -0.497 e. The summed E-state index contributed by atoms with van der Waals surface area (Å²) in [5.41, 5.74) is 4.98. The Kier molecular flexibility index (Phi) is 6.80. The number of carbonyl (C=O) groups is 1. The molecule has 3 aromatic rings. The topological polar surface area (TPSA) is 104 Å². The van der Waals surface area contributed by atoms with Gasteiger partial charge < -0.3 is 10.1 Å². The van der Waals surface area contributed by atoms with Gasteiger partial charge in [-0.3, -0.25) is 4.79 Å². The summed E-state index contributed by atoms with van der Waals surface area (Å²) < 4.78 is 18.1. The first kappa shape index (κ1) is 20.3. The van der Waals surface area contributed by atoms with Crippen LogP contribution in [0.5, 0.6) is 5.75 Å². The number of methoxy groups -OCH3 is 1. The fraction of sp³-hybridized carbons (Fsp3) is 0.158. The molecule has 29 heavy (non-hydrogen) atoms. The molecule has 1 heterocycles. The highest BCUT2D eigenvalue weighted by Crippen LogP contribution is 2.16. The Hall–Kier alpha value is -3.40. The van der Waals surface area contributed by atoms with E-state index in [1.165, 1.54) is 24.3 Å². The first-order valence-electron chi connectivity index (χ1n) is 8.59. The molecule has 0 aliphatic carbocycles. The van der Waals surface area contributed by atoms with Gasteiger partial charge >= 0.3 is 0 Å². The van der Waals surface area contributed by atoms with Crippen LogP contribution in [-0.2, 0) is 4.79 Å². The fourth-order valence-electron chi connectivity index (χ4n) is 2.27. The van der Waals surface area contributed by atoms with E-state index in [1.54, 1.807) is 7.11 Å². The molecule has 0 fully saturated rings. The standard InChI is InChI=1S/C19H19FN6O2S/c1-12(13-4-3-5-16(10-13)28-2)23-24-18-22-19(26-25-18)29-11-17(27)21-15-8-6-14(20)7-9-15/h3-10H,11H2,1-2H3,(H,21,27)(H2,22,24,25,26)/b23-12+. The number of anilines is 2. The molecule has 0 saturated heterocycles. The Morgan fingerprint density at radius 3 is 2.83 bits per heavy atom. The molecule has 8 nitrogen and oxygen atoms in total. The summed E-state index contributed by atoms with van der Waals surface area (Å²) in [4.78, 5) is 16.2. The molecule has 0 unspecified atom stereocenters. The van der Waals surface area contributed by atoms with E-state index in [4.69, 9.17) is 4.74 Å². The molecule has 3 rings (SSSR count). The van der Waals surface area contributed by atoms with Crippen molar-refractivity contribution in [1.29, 1.82) is 0 Å². The highest BCUT2D eigenvalue weighted by molar-refractivity contribution is 7.99. The third-order valence-corrected chi connectivity index (χ3v) is 4.59. The Labute approximate surface area is 171 Å². The van der Waals surface area contributed by atoms with Gasteiger partial charge in [-0.05, 0) is 43.3 Å². The predicted molar refractivity (Wildman–Crippen MR) is 111 cm³/mol. The molecule has 10 heteroatoms. The van der Waals surface area contributed by atoms with Crippen molar-refractivity contribution in [2.45, 2.75) is 12.1 Å². The van der Waals surface area contributed by atoms with E-state index in [0.29, 0.717) is 16.8 Å². The van der Waals surface area contributed by atoms with E-state index in [1.807, 2.05) is 31.2 Å². The number of ether oxygens (including phenoxy) is 1. The smallest absolute Gasteiger partial charge is 0.240 e. The first-order chi connectivity index (χ1) is 14.0. The molecule has 0 saturated carbocycles. The number of aromatic amines is 1. The summed E-state index contributed by atoms with van der Waals surface area (Å²) in [6.45, 7) is 1.85. The lowest BCUT2D eigenvalue weighted by atomic mass is 10.1. The molecule has 0 spiro atoms. The maximum atomic E-state index is 12.9. The molecule has 0 aliphatic rings. The summed E-state index contributed by atoms with van der Waals surface area (Å²) in [5, 5.41) is 14.1. The zero-order chi connectivity index (χ0) is 20.6. The van der Waals surface area contributed by atoms with Crippen molar-refractivity contribution in [3.8, 4) is 5.75 Å². The number of rotatable bonds is 8. The Balaban J connectivity index is 1.51. The molecular weight excluding hydrogens is 395 g/mol. The zero-order valence-electron chi connectivity index (χ0n) is 15.8. The minimum absolute atomic E-state index is 0.112. The van der Waals surface area contributed by atoms with E-state index in [2.05, 4.69) is 31.0 Å². The number of H-pyrrole nitrogens is 1. The second-order valence-corrected chi connectivity index (χ2v) is 6.79. The van der Waals surface area contributed by atoms with E-state index >= 15 is 0 Å². The molecule has 0 radical (unpaired) electrons. The van der Waals surface area contributed by atoms with Gasteiger partial charge in [0.15, 0.2) is 0 Å². The van der Waals surface area contributed by atoms with E-state index in [0.717, 1.165) is 28.8 Å². The molecule has 2 aromatic carbocycles. The van der Waals surface area contributed by atoms with Crippen LogP contribution in [0.3, 0.4) is 0 Å². The molecule has 0 bridgehead atoms. The average molecular weight is 414 g/mol. The van der Waals surface area contributed by atoms with Crippen LogP contribution in [0.15, 0.2) is 58.8 Å². The van der Waals surface area contributed by atoms with Gasteiger partial charge in [-0.2, -0.15) is 10.1 Å². The quantitative estimate of drug-likeness (QED) is 0.296. The van der Waals surface area contributed by atoms with Gasteiger partial charge in [0.05, 0.1) is 18.6 Å². The van der Waals surface area contributed by atoms with E-state index in [-0.39, 0.29) is 17.5 Å². The number of hydrogen-bond donors (Lipinski definition) is 3. The van der Waals surface area contributed by atoms with Gasteiger partial charge in [-0.1, -0.05) is 23.9 Å². The SMILES string of the molecule is COc1cccc(/C(C)=N/Nc2nc(SCC(=O)Nc3ccc(F)cc3)n[nH]2)c1. The minimum atomic E-state index is -0.359. The van der Waals surface area contributed by atoms with Crippen LogP contribution in [-0.4, -0.2) is 39.7 Å². The van der Waals surface area contributed by atoms with E-state index in [9.17, 15) is 9.18 Å². The van der Waals surface area contributed by atoms with Crippen LogP contribution in [0.1, 0.15) is 12.5 Å². The molecule has 1 amide bonds. The monoisotopic (exact) mass is 414 g/mol. The third-order valence-electron chi connectivity index (χ3n) is 3.74. The second kappa shape index (κ2) is 9.69. The van der Waals surface area contributed by atoms with Gasteiger partial charge in [-0.25, -0.2) is 14.9 Å². The molecule has 150 valence electrons. The lowest BCUT2D eigenvalue weighted by molar-refractivity contribution is -0.113. The van der Waals surface area contributed by atoms with Crippen molar-refractivity contribution < 1.29 is 13.9 Å². The van der Waals surface area contributed by atoms with Crippen molar-refractivity contribution >= 4 is 35.0 Å². The first-order valence-corrected chi connectivity index (χ1v) is 9.57. The molecular formula is C19H19FN6O2S. The van der Waals surface area contributed by atoms with Crippen molar-refractivity contribution in [2.75, 3.05) is 23.6 Å². The summed E-state index contributed by atoms with van der Waals surface area (Å²) in [5.74, 6) is 0.610. The van der Waals surface area contributed by atoms with Crippen molar-refractivity contribution in [3.63, 3.8) is 0 Å². The van der Waals surface area contributed by atoms with Crippen molar-refractivity contribution in [2.24, 2.45) is 5.10 Å². The lowest BCUT2D eigenvalue weighted by Gasteiger charge is -2.04. The molecule has 0 atom stereocenters. The summed E-state index contributed by atoms with van der Waals surface area (Å²) in [7, 11) is 1.61. The van der Waals surface area contributed by atoms with Gasteiger partial charge in [-0.15, -0.1) is 5.10 Å². The van der Waals surface area contributed by atoms with Gasteiger partial charge in [0.2, 0.25) is 17.0 Å². The predicted octanol–water partition coefficient (Wildman–Crippen LogP) is 3.52. The van der Waals surface area contributed by atoms with Gasteiger partial charge in [0, 0.05) is 11.3 Å². The van der Waals surface area contributed by atoms with Crippen LogP contribution in [0.2, 0.25) is 0 Å². The van der Waals surface area contributed by atoms with Crippen LogP contribution in [0, 0.1) is 5.82 Å². The maximum Gasteiger partial charge on any atom is 0.240 e. The lowest BCUT2D eigenvalue weighted by Crippen LogP contribution is -2.14. The number of thioether (sulfide) groups is 1. The fourth-order valence-corrected chi connectivity index (χ4v) is 2.87. The van der Waals surface area contributed by atoms with Crippen molar-refractivity contribution in [1.82, 2.24) is 15.2 Å². The third kappa shape index (κ3) is 6.04. The van der Waals surface area contributed by atoms with Crippen LogP contribution in [0.25, 0.3) is 0 Å². The number of hydrogen-bond acceptors (Lipinski definition) is 7. The van der Waals surface area contributed by atoms with E-state index < -0.39 is 0 Å². The Bertz CT molecular complexity index is 1010. The van der Waals surface area contributed by atoms with Crippen LogP contribution in [0.4, 0.5) is 16.0 Å². The van der Waals surface area contributed by atoms with Crippen molar-refractivity contribution in [3.05, 3.63) is 59.9 Å². The van der Waals surface area contributed by atoms with Crippen LogP contribution < -0.4 is 15.5 Å². The number of benzene rings is 2. The Morgan fingerprint density at radius 1 is 1.28 bits per heavy atom. The summed E-state index contributed by atoms with van der Waals surface area (Å²) in [6, 6.07) is 13.1.